The number of carbonyl (C=O) groups is 1. The molecule has 1 rings (SSSR count). The molecule has 0 aromatic rings. The molecule has 0 heterocycles. The van der Waals surface area contributed by atoms with Gasteiger partial charge in [-0.2, -0.15) is 0 Å². The molecular formula is C14H29N3O2. The normalized spacial score (nSPS) is 25.7. The van der Waals surface area contributed by atoms with Gasteiger partial charge in [-0.25, -0.2) is 4.79 Å². The van der Waals surface area contributed by atoms with Crippen LogP contribution in [0.2, 0.25) is 0 Å². The van der Waals surface area contributed by atoms with E-state index in [1.54, 1.807) is 0 Å². The summed E-state index contributed by atoms with van der Waals surface area (Å²) in [6.45, 7) is 8.24. The molecule has 112 valence electrons. The third kappa shape index (κ3) is 7.38. The van der Waals surface area contributed by atoms with E-state index in [-0.39, 0.29) is 12.1 Å². The molecule has 0 aromatic heterocycles. The summed E-state index contributed by atoms with van der Waals surface area (Å²) >= 11 is 0. The van der Waals surface area contributed by atoms with Gasteiger partial charge in [0.2, 0.25) is 0 Å². The van der Waals surface area contributed by atoms with E-state index >= 15 is 0 Å². The number of ether oxygens (including phenoxy) is 1. The maximum absolute atomic E-state index is 11.5. The average Bonchev–Trinajstić information content (AvgIpc) is 2.27. The van der Waals surface area contributed by atoms with Crippen LogP contribution in [0.5, 0.6) is 0 Å². The first kappa shape index (κ1) is 16.2. The minimum Gasteiger partial charge on any atom is -0.444 e. The second-order valence-corrected chi connectivity index (χ2v) is 6.56. The Labute approximate surface area is 116 Å². The van der Waals surface area contributed by atoms with E-state index in [2.05, 4.69) is 17.6 Å². The van der Waals surface area contributed by atoms with E-state index in [0.29, 0.717) is 18.6 Å². The largest absolute Gasteiger partial charge is 0.444 e. The quantitative estimate of drug-likeness (QED) is 0.728. The summed E-state index contributed by atoms with van der Waals surface area (Å²) in [5.41, 5.74) is 5.44. The Morgan fingerprint density at radius 3 is 2.42 bits per heavy atom. The van der Waals surface area contributed by atoms with Crippen LogP contribution < -0.4 is 16.4 Å². The Balaban J connectivity index is 2.17. The summed E-state index contributed by atoms with van der Waals surface area (Å²) in [4.78, 5) is 11.5. The van der Waals surface area contributed by atoms with Crippen molar-refractivity contribution in [3.8, 4) is 0 Å². The zero-order valence-corrected chi connectivity index (χ0v) is 12.7. The standard InChI is InChI=1S/C14H29N3O2/c1-10(9-16-13(18)19-14(2,3)4)17-12-7-5-11(15)6-8-12/h10-12,17H,5-9,15H2,1-4H3,(H,16,18). The SMILES string of the molecule is CC(CNC(=O)OC(C)(C)C)NC1CCC(N)CC1. The van der Waals surface area contributed by atoms with Crippen molar-refractivity contribution in [3.63, 3.8) is 0 Å². The number of hydrogen-bond acceptors (Lipinski definition) is 4. The number of carbonyl (C=O) groups excluding carboxylic acids is 1. The summed E-state index contributed by atoms with van der Waals surface area (Å²) in [6.07, 6.45) is 4.07. The first-order valence-corrected chi connectivity index (χ1v) is 7.25. The van der Waals surface area contributed by atoms with Crippen molar-refractivity contribution in [2.45, 2.75) is 77.1 Å². The Hall–Kier alpha value is -0.810. The van der Waals surface area contributed by atoms with Gasteiger partial charge in [0.25, 0.3) is 0 Å². The van der Waals surface area contributed by atoms with Gasteiger partial charge in [0.1, 0.15) is 5.60 Å². The van der Waals surface area contributed by atoms with E-state index in [1.807, 2.05) is 20.8 Å². The monoisotopic (exact) mass is 271 g/mol. The topological polar surface area (TPSA) is 76.4 Å². The van der Waals surface area contributed by atoms with Crippen molar-refractivity contribution in [2.24, 2.45) is 5.73 Å². The fourth-order valence-corrected chi connectivity index (χ4v) is 2.30. The van der Waals surface area contributed by atoms with Crippen molar-refractivity contribution < 1.29 is 9.53 Å². The van der Waals surface area contributed by atoms with Gasteiger partial charge in [0.05, 0.1) is 0 Å². The highest BCUT2D eigenvalue weighted by Gasteiger charge is 2.20. The molecule has 0 aliphatic heterocycles. The molecule has 1 atom stereocenters. The van der Waals surface area contributed by atoms with Crippen LogP contribution in [0.1, 0.15) is 53.4 Å². The number of nitrogens with one attached hydrogen (secondary N) is 2. The van der Waals surface area contributed by atoms with Gasteiger partial charge in [0, 0.05) is 24.7 Å². The zero-order chi connectivity index (χ0) is 14.5. The minimum atomic E-state index is -0.444. The van der Waals surface area contributed by atoms with Crippen molar-refractivity contribution in [3.05, 3.63) is 0 Å². The highest BCUT2D eigenvalue weighted by molar-refractivity contribution is 5.67. The molecule has 4 N–H and O–H groups in total. The van der Waals surface area contributed by atoms with Gasteiger partial charge in [-0.3, -0.25) is 0 Å². The highest BCUT2D eigenvalue weighted by atomic mass is 16.6. The number of rotatable bonds is 4. The van der Waals surface area contributed by atoms with Crippen molar-refractivity contribution >= 4 is 6.09 Å². The van der Waals surface area contributed by atoms with Gasteiger partial charge in [0.15, 0.2) is 0 Å². The average molecular weight is 271 g/mol. The van der Waals surface area contributed by atoms with Gasteiger partial charge in [-0.1, -0.05) is 0 Å². The van der Waals surface area contributed by atoms with Gasteiger partial charge >= 0.3 is 6.09 Å². The first-order chi connectivity index (χ1) is 8.76. The van der Waals surface area contributed by atoms with Crippen LogP contribution in [0.25, 0.3) is 0 Å². The lowest BCUT2D eigenvalue weighted by molar-refractivity contribution is 0.0522. The van der Waals surface area contributed by atoms with Crippen LogP contribution in [0.4, 0.5) is 4.79 Å². The Morgan fingerprint density at radius 2 is 1.89 bits per heavy atom. The summed E-state index contributed by atoms with van der Waals surface area (Å²) in [7, 11) is 0. The Bertz CT molecular complexity index is 281. The number of alkyl carbamates (subject to hydrolysis) is 1. The Kier molecular flexibility index (Phi) is 6.07. The highest BCUT2D eigenvalue weighted by Crippen LogP contribution is 2.17. The second-order valence-electron chi connectivity index (χ2n) is 6.56. The molecule has 0 radical (unpaired) electrons. The van der Waals surface area contributed by atoms with Gasteiger partial charge in [-0.15, -0.1) is 0 Å². The molecule has 5 nitrogen and oxygen atoms in total. The van der Waals surface area contributed by atoms with E-state index < -0.39 is 5.60 Å². The van der Waals surface area contributed by atoms with Crippen LogP contribution in [0, 0.1) is 0 Å². The molecule has 19 heavy (non-hydrogen) atoms. The molecule has 0 spiro atoms. The van der Waals surface area contributed by atoms with Crippen LogP contribution >= 0.6 is 0 Å². The molecule has 0 saturated heterocycles. The maximum atomic E-state index is 11.5. The van der Waals surface area contributed by atoms with Gasteiger partial charge in [-0.05, 0) is 53.4 Å². The van der Waals surface area contributed by atoms with E-state index in [4.69, 9.17) is 10.5 Å². The molecule has 0 bridgehead atoms. The lowest BCUT2D eigenvalue weighted by Gasteiger charge is -2.29. The summed E-state index contributed by atoms with van der Waals surface area (Å²) in [5.74, 6) is 0. The summed E-state index contributed by atoms with van der Waals surface area (Å²) in [5, 5.41) is 6.32. The van der Waals surface area contributed by atoms with Crippen molar-refractivity contribution in [2.75, 3.05) is 6.54 Å². The van der Waals surface area contributed by atoms with Crippen molar-refractivity contribution in [1.29, 1.82) is 0 Å². The molecule has 1 saturated carbocycles. The lowest BCUT2D eigenvalue weighted by atomic mass is 9.91. The fraction of sp³-hybridized carbons (Fsp3) is 0.929. The molecule has 5 heteroatoms. The zero-order valence-electron chi connectivity index (χ0n) is 12.7. The molecule has 1 fully saturated rings. The third-order valence-corrected chi connectivity index (χ3v) is 3.24. The van der Waals surface area contributed by atoms with Crippen LogP contribution in [0.3, 0.4) is 0 Å². The van der Waals surface area contributed by atoms with E-state index in [9.17, 15) is 4.79 Å². The third-order valence-electron chi connectivity index (χ3n) is 3.24. The molecule has 1 amide bonds. The lowest BCUT2D eigenvalue weighted by Crippen LogP contribution is -2.46. The second kappa shape index (κ2) is 7.10. The molecule has 1 aliphatic rings. The molecular weight excluding hydrogens is 242 g/mol. The van der Waals surface area contributed by atoms with E-state index in [0.717, 1.165) is 25.7 Å². The number of nitrogens with two attached hydrogens (primary N) is 1. The fourth-order valence-electron chi connectivity index (χ4n) is 2.30. The van der Waals surface area contributed by atoms with E-state index in [1.165, 1.54) is 0 Å². The Morgan fingerprint density at radius 1 is 1.32 bits per heavy atom. The summed E-state index contributed by atoms with van der Waals surface area (Å²) < 4.78 is 5.20. The van der Waals surface area contributed by atoms with Crippen LogP contribution in [-0.2, 0) is 4.74 Å². The molecule has 1 aliphatic carbocycles. The minimum absolute atomic E-state index is 0.242. The number of amides is 1. The molecule has 0 aromatic carbocycles. The predicted octanol–water partition coefficient (Wildman–Crippen LogP) is 1.76. The van der Waals surface area contributed by atoms with Crippen molar-refractivity contribution in [1.82, 2.24) is 10.6 Å². The van der Waals surface area contributed by atoms with Crippen LogP contribution in [0.15, 0.2) is 0 Å². The smallest absolute Gasteiger partial charge is 0.407 e. The first-order valence-electron chi connectivity index (χ1n) is 7.25. The van der Waals surface area contributed by atoms with Gasteiger partial charge < -0.3 is 21.1 Å². The predicted molar refractivity (Wildman–Crippen MR) is 77.1 cm³/mol. The maximum Gasteiger partial charge on any atom is 0.407 e. The molecule has 1 unspecified atom stereocenters. The summed E-state index contributed by atoms with van der Waals surface area (Å²) in [6, 6.07) is 1.13. The number of hydrogen-bond donors (Lipinski definition) is 3. The van der Waals surface area contributed by atoms with Crippen LogP contribution in [-0.4, -0.2) is 36.4 Å².